The van der Waals surface area contributed by atoms with Gasteiger partial charge in [0.05, 0.1) is 0 Å². The molecule has 2 saturated heterocycles. The molecule has 3 rings (SSSR count). The predicted molar refractivity (Wildman–Crippen MR) is 81.9 cm³/mol. The van der Waals surface area contributed by atoms with Gasteiger partial charge in [-0.15, -0.1) is 11.3 Å². The summed E-state index contributed by atoms with van der Waals surface area (Å²) in [4.78, 5) is 8.28. The van der Waals surface area contributed by atoms with Gasteiger partial charge in [0.2, 0.25) is 0 Å². The maximum atomic E-state index is 3.45. The fourth-order valence-electron chi connectivity index (χ4n) is 3.38. The highest BCUT2D eigenvalue weighted by atomic mass is 32.1. The predicted octanol–water partition coefficient (Wildman–Crippen LogP) is 1.84. The molecule has 4 heteroatoms. The van der Waals surface area contributed by atoms with E-state index in [4.69, 9.17) is 0 Å². The van der Waals surface area contributed by atoms with Crippen LogP contribution >= 0.6 is 11.3 Å². The zero-order chi connectivity index (χ0) is 13.2. The van der Waals surface area contributed by atoms with Crippen molar-refractivity contribution in [2.75, 3.05) is 39.3 Å². The van der Waals surface area contributed by atoms with Crippen molar-refractivity contribution in [3.63, 3.8) is 0 Å². The molecule has 106 valence electrons. The summed E-state index contributed by atoms with van der Waals surface area (Å²) in [6.45, 7) is 12.9. The number of thiophene rings is 1. The molecule has 19 heavy (non-hydrogen) atoms. The number of likely N-dealkylation sites (tertiary alicyclic amines) is 1. The average Bonchev–Trinajstić information content (AvgIpc) is 2.99. The Labute approximate surface area is 120 Å². The molecule has 0 radical (unpaired) electrons. The van der Waals surface area contributed by atoms with Crippen molar-refractivity contribution < 1.29 is 0 Å². The summed E-state index contributed by atoms with van der Waals surface area (Å²) in [5.74, 6) is 0. The molecule has 0 amide bonds. The van der Waals surface area contributed by atoms with E-state index >= 15 is 0 Å². The molecule has 1 atom stereocenters. The average molecular weight is 279 g/mol. The Morgan fingerprint density at radius 3 is 2.74 bits per heavy atom. The lowest BCUT2D eigenvalue weighted by molar-refractivity contribution is 0.170. The Kier molecular flexibility index (Phi) is 4.22. The Morgan fingerprint density at radius 2 is 2.05 bits per heavy atom. The minimum absolute atomic E-state index is 0.794. The van der Waals surface area contributed by atoms with Crippen molar-refractivity contribution in [2.45, 2.75) is 32.9 Å². The summed E-state index contributed by atoms with van der Waals surface area (Å²) in [5, 5.41) is 3.45. The molecule has 2 aliphatic heterocycles. The van der Waals surface area contributed by atoms with Gasteiger partial charge in [-0.3, -0.25) is 9.80 Å². The topological polar surface area (TPSA) is 18.5 Å². The van der Waals surface area contributed by atoms with Crippen LogP contribution in [-0.2, 0) is 6.54 Å². The van der Waals surface area contributed by atoms with E-state index in [-0.39, 0.29) is 0 Å². The number of rotatable bonds is 3. The van der Waals surface area contributed by atoms with Crippen molar-refractivity contribution in [3.05, 3.63) is 21.4 Å². The first kappa shape index (κ1) is 13.6. The Morgan fingerprint density at radius 1 is 1.26 bits per heavy atom. The lowest BCUT2D eigenvalue weighted by atomic mass is 10.2. The number of aryl methyl sites for hydroxylation is 2. The summed E-state index contributed by atoms with van der Waals surface area (Å²) in [5.41, 5.74) is 1.54. The summed E-state index contributed by atoms with van der Waals surface area (Å²) >= 11 is 1.94. The summed E-state index contributed by atoms with van der Waals surface area (Å²) in [6, 6.07) is 3.17. The van der Waals surface area contributed by atoms with Gasteiger partial charge in [-0.1, -0.05) is 0 Å². The zero-order valence-corrected chi connectivity index (χ0v) is 12.9. The lowest BCUT2D eigenvalue weighted by Crippen LogP contribution is -2.49. The molecular weight excluding hydrogens is 254 g/mol. The maximum absolute atomic E-state index is 3.45. The summed E-state index contributed by atoms with van der Waals surface area (Å²) in [6.07, 6.45) is 1.35. The highest BCUT2D eigenvalue weighted by molar-refractivity contribution is 7.12. The van der Waals surface area contributed by atoms with E-state index < -0.39 is 0 Å². The number of piperazine rings is 1. The first-order chi connectivity index (χ1) is 9.22. The van der Waals surface area contributed by atoms with E-state index in [2.05, 4.69) is 35.0 Å². The quantitative estimate of drug-likeness (QED) is 0.911. The molecule has 3 nitrogen and oxygen atoms in total. The monoisotopic (exact) mass is 279 g/mol. The van der Waals surface area contributed by atoms with E-state index in [0.29, 0.717) is 0 Å². The van der Waals surface area contributed by atoms with Gasteiger partial charge >= 0.3 is 0 Å². The molecule has 2 aliphatic rings. The fourth-order valence-corrected chi connectivity index (χ4v) is 4.32. The van der Waals surface area contributed by atoms with Crippen LogP contribution < -0.4 is 5.32 Å². The smallest absolute Gasteiger partial charge is 0.0245 e. The second kappa shape index (κ2) is 5.92. The molecule has 0 aliphatic carbocycles. The van der Waals surface area contributed by atoms with Crippen molar-refractivity contribution in [3.8, 4) is 0 Å². The molecule has 1 aromatic rings. The first-order valence-corrected chi connectivity index (χ1v) is 8.27. The van der Waals surface area contributed by atoms with Crippen molar-refractivity contribution in [2.24, 2.45) is 0 Å². The normalized spacial score (nSPS) is 26.1. The fraction of sp³-hybridized carbons (Fsp3) is 0.733. The van der Waals surface area contributed by atoms with Crippen LogP contribution in [-0.4, -0.2) is 55.1 Å². The van der Waals surface area contributed by atoms with Gasteiger partial charge in [0.1, 0.15) is 0 Å². The van der Waals surface area contributed by atoms with Crippen LogP contribution in [0.25, 0.3) is 0 Å². The molecule has 0 saturated carbocycles. The minimum atomic E-state index is 0.794. The van der Waals surface area contributed by atoms with Crippen LogP contribution in [0.1, 0.15) is 21.7 Å². The number of hydrogen-bond acceptors (Lipinski definition) is 4. The van der Waals surface area contributed by atoms with Crippen LogP contribution in [0, 0.1) is 13.8 Å². The molecule has 1 aromatic heterocycles. The molecule has 0 aromatic carbocycles. The summed E-state index contributed by atoms with van der Waals surface area (Å²) < 4.78 is 0. The van der Waals surface area contributed by atoms with Gasteiger partial charge in [-0.05, 0) is 31.9 Å². The van der Waals surface area contributed by atoms with Gasteiger partial charge in [0.15, 0.2) is 0 Å². The van der Waals surface area contributed by atoms with Gasteiger partial charge in [-0.25, -0.2) is 0 Å². The Bertz CT molecular complexity index is 423. The maximum Gasteiger partial charge on any atom is 0.0245 e. The molecule has 0 spiro atoms. The molecular formula is C15H25N3S. The van der Waals surface area contributed by atoms with Crippen LogP contribution in [0.2, 0.25) is 0 Å². The van der Waals surface area contributed by atoms with Crippen molar-refractivity contribution in [1.29, 1.82) is 0 Å². The minimum Gasteiger partial charge on any atom is -0.314 e. The molecule has 2 fully saturated rings. The van der Waals surface area contributed by atoms with E-state index in [0.717, 1.165) is 12.6 Å². The number of nitrogens with zero attached hydrogens (tertiary/aromatic N) is 2. The summed E-state index contributed by atoms with van der Waals surface area (Å²) in [7, 11) is 0. The van der Waals surface area contributed by atoms with Crippen molar-refractivity contribution >= 4 is 11.3 Å². The van der Waals surface area contributed by atoms with E-state index in [1.165, 1.54) is 55.4 Å². The Hall–Kier alpha value is -0.420. The van der Waals surface area contributed by atoms with Crippen LogP contribution in [0.4, 0.5) is 0 Å². The lowest BCUT2D eigenvalue weighted by Gasteiger charge is -2.32. The molecule has 0 bridgehead atoms. The SMILES string of the molecule is Cc1cc(CN2CCC(N3CCNCC3)C2)c(C)s1. The highest BCUT2D eigenvalue weighted by Crippen LogP contribution is 2.24. The van der Waals surface area contributed by atoms with Crippen molar-refractivity contribution in [1.82, 2.24) is 15.1 Å². The third-order valence-corrected chi connectivity index (χ3v) is 5.46. The van der Waals surface area contributed by atoms with E-state index in [9.17, 15) is 0 Å². The largest absolute Gasteiger partial charge is 0.314 e. The van der Waals surface area contributed by atoms with Gasteiger partial charge in [0.25, 0.3) is 0 Å². The second-order valence-electron chi connectivity index (χ2n) is 5.90. The molecule has 1 N–H and O–H groups in total. The third kappa shape index (κ3) is 3.19. The number of nitrogens with one attached hydrogen (secondary N) is 1. The second-order valence-corrected chi connectivity index (χ2v) is 7.36. The molecule has 1 unspecified atom stereocenters. The number of hydrogen-bond donors (Lipinski definition) is 1. The van der Waals surface area contributed by atoms with Crippen LogP contribution in [0.3, 0.4) is 0 Å². The standard InChI is InChI=1S/C15H25N3S/c1-12-9-14(13(2)19-12)10-17-6-3-15(11-17)18-7-4-16-5-8-18/h9,15-16H,3-8,10-11H2,1-2H3. The van der Waals surface area contributed by atoms with Crippen LogP contribution in [0.15, 0.2) is 6.07 Å². The van der Waals surface area contributed by atoms with Gasteiger partial charge in [0, 0.05) is 61.6 Å². The van der Waals surface area contributed by atoms with Gasteiger partial charge in [-0.2, -0.15) is 0 Å². The first-order valence-electron chi connectivity index (χ1n) is 7.45. The van der Waals surface area contributed by atoms with E-state index in [1.54, 1.807) is 5.56 Å². The zero-order valence-electron chi connectivity index (χ0n) is 12.1. The Balaban J connectivity index is 1.55. The molecule has 3 heterocycles. The van der Waals surface area contributed by atoms with Gasteiger partial charge < -0.3 is 5.32 Å². The van der Waals surface area contributed by atoms with E-state index in [1.807, 2.05) is 11.3 Å². The highest BCUT2D eigenvalue weighted by Gasteiger charge is 2.28. The third-order valence-electron chi connectivity index (χ3n) is 4.45. The van der Waals surface area contributed by atoms with Crippen LogP contribution in [0.5, 0.6) is 0 Å².